The molecule has 0 saturated heterocycles. The normalized spacial score (nSPS) is 12.7. The molecular formula is C17H17N3O3. The van der Waals surface area contributed by atoms with Crippen LogP contribution in [-0.2, 0) is 4.79 Å². The minimum atomic E-state index is -0.248. The van der Waals surface area contributed by atoms with Gasteiger partial charge in [-0.25, -0.2) is 0 Å². The van der Waals surface area contributed by atoms with E-state index in [4.69, 9.17) is 4.74 Å². The van der Waals surface area contributed by atoms with E-state index < -0.39 is 0 Å². The maximum absolute atomic E-state index is 12.5. The summed E-state index contributed by atoms with van der Waals surface area (Å²) in [5.74, 6) is 0.0878. The lowest BCUT2D eigenvalue weighted by Crippen LogP contribution is -2.25. The molecule has 2 N–H and O–H groups in total. The Hall–Kier alpha value is -3.02. The second-order valence-electron chi connectivity index (χ2n) is 5.41. The van der Waals surface area contributed by atoms with E-state index >= 15 is 0 Å². The maximum atomic E-state index is 12.5. The molecule has 2 amide bonds. The highest BCUT2D eigenvalue weighted by atomic mass is 16.5. The van der Waals surface area contributed by atoms with Gasteiger partial charge in [0.2, 0.25) is 0 Å². The zero-order valence-electron chi connectivity index (χ0n) is 12.9. The predicted octanol–water partition coefficient (Wildman–Crippen LogP) is 2.34. The first-order chi connectivity index (χ1) is 11.0. The topological polar surface area (TPSA) is 70.7 Å². The van der Waals surface area contributed by atoms with E-state index in [0.717, 1.165) is 11.4 Å². The monoisotopic (exact) mass is 311 g/mol. The zero-order valence-corrected chi connectivity index (χ0v) is 12.9. The Morgan fingerprint density at radius 1 is 1.22 bits per heavy atom. The van der Waals surface area contributed by atoms with Gasteiger partial charge in [-0.15, -0.1) is 0 Å². The highest BCUT2D eigenvalue weighted by Gasteiger charge is 2.18. The van der Waals surface area contributed by atoms with E-state index in [9.17, 15) is 9.59 Å². The molecule has 2 aromatic rings. The van der Waals surface area contributed by atoms with Crippen molar-refractivity contribution in [3.63, 3.8) is 0 Å². The molecule has 2 aromatic carbocycles. The standard InChI is InChI=1S/C17H17N3O3/c1-20(2)14-6-4-3-5-12(14)19-17(22)11-7-8-15-13(9-11)18-16(21)10-23-15/h3-9H,10H2,1-2H3,(H,18,21)(H,19,22). The van der Waals surface area contributed by atoms with E-state index in [2.05, 4.69) is 10.6 Å². The van der Waals surface area contributed by atoms with Gasteiger partial charge in [0.25, 0.3) is 11.8 Å². The Labute approximate surface area is 134 Å². The molecule has 0 atom stereocenters. The van der Waals surface area contributed by atoms with Gasteiger partial charge < -0.3 is 20.3 Å². The van der Waals surface area contributed by atoms with Crippen LogP contribution in [0.4, 0.5) is 17.1 Å². The van der Waals surface area contributed by atoms with Gasteiger partial charge in [0.15, 0.2) is 6.61 Å². The largest absolute Gasteiger partial charge is 0.482 e. The van der Waals surface area contributed by atoms with Gasteiger partial charge in [-0.1, -0.05) is 12.1 Å². The second-order valence-corrected chi connectivity index (χ2v) is 5.41. The lowest BCUT2D eigenvalue weighted by molar-refractivity contribution is -0.118. The summed E-state index contributed by atoms with van der Waals surface area (Å²) in [5, 5.41) is 5.59. The average molecular weight is 311 g/mol. The number of anilines is 3. The van der Waals surface area contributed by atoms with Crippen LogP contribution in [0.15, 0.2) is 42.5 Å². The van der Waals surface area contributed by atoms with Gasteiger partial charge in [0.05, 0.1) is 17.1 Å². The highest BCUT2D eigenvalue weighted by Crippen LogP contribution is 2.29. The molecule has 0 saturated carbocycles. The minimum Gasteiger partial charge on any atom is -0.482 e. The Kier molecular flexibility index (Phi) is 3.89. The van der Waals surface area contributed by atoms with Crippen LogP contribution in [0.5, 0.6) is 5.75 Å². The van der Waals surface area contributed by atoms with Crippen LogP contribution in [-0.4, -0.2) is 32.5 Å². The number of para-hydroxylation sites is 2. The van der Waals surface area contributed by atoms with E-state index in [1.807, 2.05) is 43.3 Å². The fourth-order valence-electron chi connectivity index (χ4n) is 2.39. The molecule has 0 unspecified atom stereocenters. The quantitative estimate of drug-likeness (QED) is 0.913. The Morgan fingerprint density at radius 3 is 2.78 bits per heavy atom. The first-order valence-electron chi connectivity index (χ1n) is 7.19. The van der Waals surface area contributed by atoms with E-state index in [1.54, 1.807) is 18.2 Å². The Balaban J connectivity index is 1.84. The zero-order chi connectivity index (χ0) is 16.4. The molecule has 0 spiro atoms. The van der Waals surface area contributed by atoms with Crippen molar-refractivity contribution < 1.29 is 14.3 Å². The summed E-state index contributed by atoms with van der Waals surface area (Å²) in [6, 6.07) is 12.5. The number of nitrogens with one attached hydrogen (secondary N) is 2. The predicted molar refractivity (Wildman–Crippen MR) is 89.3 cm³/mol. The number of fused-ring (bicyclic) bond motifs is 1. The van der Waals surface area contributed by atoms with Crippen LogP contribution in [0.25, 0.3) is 0 Å². The van der Waals surface area contributed by atoms with E-state index in [1.165, 1.54) is 0 Å². The molecule has 6 heteroatoms. The fourth-order valence-corrected chi connectivity index (χ4v) is 2.39. The molecule has 0 fully saturated rings. The van der Waals surface area contributed by atoms with E-state index in [-0.39, 0.29) is 18.4 Å². The van der Waals surface area contributed by atoms with Crippen molar-refractivity contribution in [2.24, 2.45) is 0 Å². The van der Waals surface area contributed by atoms with E-state index in [0.29, 0.717) is 17.0 Å². The third-order valence-corrected chi connectivity index (χ3v) is 3.51. The number of rotatable bonds is 3. The number of ether oxygens (including phenoxy) is 1. The highest BCUT2D eigenvalue weighted by molar-refractivity contribution is 6.07. The molecule has 3 rings (SSSR count). The first kappa shape index (κ1) is 14.9. The summed E-state index contributed by atoms with van der Waals surface area (Å²) in [5.41, 5.74) is 2.59. The van der Waals surface area contributed by atoms with Crippen molar-refractivity contribution in [2.45, 2.75) is 0 Å². The number of nitrogens with zero attached hydrogens (tertiary/aromatic N) is 1. The number of hydrogen-bond donors (Lipinski definition) is 2. The van der Waals surface area contributed by atoms with Gasteiger partial charge >= 0.3 is 0 Å². The first-order valence-corrected chi connectivity index (χ1v) is 7.19. The summed E-state index contributed by atoms with van der Waals surface area (Å²) in [6.07, 6.45) is 0. The van der Waals surface area contributed by atoms with Gasteiger partial charge in [-0.3, -0.25) is 9.59 Å². The molecule has 118 valence electrons. The summed E-state index contributed by atoms with van der Waals surface area (Å²) in [4.78, 5) is 25.8. The van der Waals surface area contributed by atoms with Crippen molar-refractivity contribution >= 4 is 28.9 Å². The lowest BCUT2D eigenvalue weighted by atomic mass is 10.1. The Morgan fingerprint density at radius 2 is 2.00 bits per heavy atom. The lowest BCUT2D eigenvalue weighted by Gasteiger charge is -2.19. The molecule has 0 bridgehead atoms. The smallest absolute Gasteiger partial charge is 0.262 e. The summed E-state index contributed by atoms with van der Waals surface area (Å²) < 4.78 is 5.29. The van der Waals surface area contributed by atoms with Crippen molar-refractivity contribution in [3.05, 3.63) is 48.0 Å². The van der Waals surface area contributed by atoms with Gasteiger partial charge in [-0.2, -0.15) is 0 Å². The molecular weight excluding hydrogens is 294 g/mol. The van der Waals surface area contributed by atoms with Gasteiger partial charge in [0, 0.05) is 19.7 Å². The molecule has 0 radical (unpaired) electrons. The summed E-state index contributed by atoms with van der Waals surface area (Å²) in [7, 11) is 3.83. The average Bonchev–Trinajstić information content (AvgIpc) is 2.54. The number of benzene rings is 2. The van der Waals surface area contributed by atoms with Crippen molar-refractivity contribution in [1.82, 2.24) is 0 Å². The summed E-state index contributed by atoms with van der Waals surface area (Å²) >= 11 is 0. The van der Waals surface area contributed by atoms with Crippen molar-refractivity contribution in [1.29, 1.82) is 0 Å². The fraction of sp³-hybridized carbons (Fsp3) is 0.176. The van der Waals surface area contributed by atoms with Crippen molar-refractivity contribution in [2.75, 3.05) is 36.2 Å². The SMILES string of the molecule is CN(C)c1ccccc1NC(=O)c1ccc2c(c1)NC(=O)CO2. The van der Waals surface area contributed by atoms with Gasteiger partial charge in [-0.05, 0) is 30.3 Å². The number of amides is 2. The minimum absolute atomic E-state index is 0.00521. The second kappa shape index (κ2) is 6.00. The third-order valence-electron chi connectivity index (χ3n) is 3.51. The third kappa shape index (κ3) is 3.11. The van der Waals surface area contributed by atoms with Crippen molar-refractivity contribution in [3.8, 4) is 5.75 Å². The molecule has 6 nitrogen and oxygen atoms in total. The molecule has 0 aliphatic carbocycles. The van der Waals surface area contributed by atoms with Crippen LogP contribution in [0, 0.1) is 0 Å². The van der Waals surface area contributed by atoms with Crippen LogP contribution in [0.3, 0.4) is 0 Å². The van der Waals surface area contributed by atoms with Crippen LogP contribution < -0.4 is 20.3 Å². The van der Waals surface area contributed by atoms with Gasteiger partial charge in [0.1, 0.15) is 5.75 Å². The number of carbonyl (C=O) groups is 2. The number of hydrogen-bond acceptors (Lipinski definition) is 4. The number of carbonyl (C=O) groups excluding carboxylic acids is 2. The molecule has 1 aliphatic rings. The molecule has 1 aliphatic heterocycles. The Bertz CT molecular complexity index is 771. The maximum Gasteiger partial charge on any atom is 0.262 e. The molecule has 1 heterocycles. The van der Waals surface area contributed by atoms with Crippen LogP contribution >= 0.6 is 0 Å². The van der Waals surface area contributed by atoms with Crippen LogP contribution in [0.1, 0.15) is 10.4 Å². The van der Waals surface area contributed by atoms with Crippen LogP contribution in [0.2, 0.25) is 0 Å². The summed E-state index contributed by atoms with van der Waals surface area (Å²) in [6.45, 7) is -0.00521. The molecule has 23 heavy (non-hydrogen) atoms. The molecule has 0 aromatic heterocycles.